The Morgan fingerprint density at radius 1 is 0.966 bits per heavy atom. The number of ketones is 2. The molecule has 144 valence electrons. The smallest absolute Gasteiger partial charge is 0.178 e. The fraction of sp³-hybridized carbons (Fsp3) is 0.231. The third-order valence-corrected chi connectivity index (χ3v) is 6.64. The Balaban J connectivity index is 1.66. The van der Waals surface area contributed by atoms with E-state index < -0.39 is 5.41 Å². The lowest BCUT2D eigenvalue weighted by molar-refractivity contribution is -0.120. The molecular weight excluding hydrogens is 360 g/mol. The molecule has 1 fully saturated rings. The number of carbonyl (C=O) groups is 2. The number of hydrogen-bond acceptors (Lipinski definition) is 3. The summed E-state index contributed by atoms with van der Waals surface area (Å²) in [5, 5.41) is 0. The molecule has 29 heavy (non-hydrogen) atoms. The minimum atomic E-state index is -0.533. The highest BCUT2D eigenvalue weighted by molar-refractivity contribution is 6.11. The van der Waals surface area contributed by atoms with Gasteiger partial charge < -0.3 is 4.74 Å². The quantitative estimate of drug-likeness (QED) is 0.758. The Kier molecular flexibility index (Phi) is 4.13. The summed E-state index contributed by atoms with van der Waals surface area (Å²) >= 11 is 0. The van der Waals surface area contributed by atoms with Gasteiger partial charge in [0.05, 0.1) is 7.11 Å². The van der Waals surface area contributed by atoms with Crippen LogP contribution in [-0.2, 0) is 9.59 Å². The number of hydrogen-bond donors (Lipinski definition) is 0. The van der Waals surface area contributed by atoms with E-state index in [1.165, 1.54) is 0 Å². The molecule has 1 spiro atoms. The van der Waals surface area contributed by atoms with Gasteiger partial charge in [-0.15, -0.1) is 0 Å². The predicted molar refractivity (Wildman–Crippen MR) is 113 cm³/mol. The van der Waals surface area contributed by atoms with Gasteiger partial charge in [-0.25, -0.2) is 0 Å². The van der Waals surface area contributed by atoms with Crippen LogP contribution in [0.4, 0.5) is 0 Å². The van der Waals surface area contributed by atoms with Crippen molar-refractivity contribution in [3.05, 3.63) is 95.6 Å². The van der Waals surface area contributed by atoms with Crippen molar-refractivity contribution >= 4 is 17.1 Å². The van der Waals surface area contributed by atoms with Crippen LogP contribution in [0, 0.1) is 11.3 Å². The van der Waals surface area contributed by atoms with Crippen LogP contribution in [-0.4, -0.2) is 18.7 Å². The van der Waals surface area contributed by atoms with E-state index in [0.717, 1.165) is 40.9 Å². The van der Waals surface area contributed by atoms with Crippen molar-refractivity contribution < 1.29 is 14.3 Å². The van der Waals surface area contributed by atoms with Gasteiger partial charge in [0.2, 0.25) is 0 Å². The van der Waals surface area contributed by atoms with Crippen molar-refractivity contribution in [2.24, 2.45) is 11.3 Å². The van der Waals surface area contributed by atoms with Gasteiger partial charge >= 0.3 is 0 Å². The molecule has 0 radical (unpaired) electrons. The fourth-order valence-electron chi connectivity index (χ4n) is 5.39. The Morgan fingerprint density at radius 2 is 1.72 bits per heavy atom. The summed E-state index contributed by atoms with van der Waals surface area (Å²) in [7, 11) is 1.65. The van der Waals surface area contributed by atoms with Gasteiger partial charge in [-0.3, -0.25) is 9.59 Å². The van der Waals surface area contributed by atoms with Crippen molar-refractivity contribution in [1.29, 1.82) is 0 Å². The molecule has 3 aliphatic carbocycles. The number of benzene rings is 2. The highest BCUT2D eigenvalue weighted by Crippen LogP contribution is 2.63. The largest absolute Gasteiger partial charge is 0.497 e. The summed E-state index contributed by atoms with van der Waals surface area (Å²) in [6.07, 6.45) is 8.87. The first-order valence-electron chi connectivity index (χ1n) is 10.0. The van der Waals surface area contributed by atoms with E-state index in [9.17, 15) is 9.59 Å². The van der Waals surface area contributed by atoms with Crippen molar-refractivity contribution in [3.63, 3.8) is 0 Å². The van der Waals surface area contributed by atoms with Crippen LogP contribution in [0.2, 0.25) is 0 Å². The molecule has 2 aromatic rings. The molecule has 0 aliphatic heterocycles. The van der Waals surface area contributed by atoms with E-state index >= 15 is 0 Å². The van der Waals surface area contributed by atoms with E-state index in [0.29, 0.717) is 0 Å². The van der Waals surface area contributed by atoms with Gasteiger partial charge in [0.1, 0.15) is 5.75 Å². The summed E-state index contributed by atoms with van der Waals surface area (Å²) in [6.45, 7) is 0. The lowest BCUT2D eigenvalue weighted by Gasteiger charge is -2.46. The minimum Gasteiger partial charge on any atom is -0.497 e. The SMILES string of the molecule is COc1ccc([C@@H]2CCC3=CC(=O)C=C[C@]34C(c3ccccc3)=CC(=O)[C@H]24)cc1. The van der Waals surface area contributed by atoms with Crippen molar-refractivity contribution in [1.82, 2.24) is 0 Å². The zero-order valence-electron chi connectivity index (χ0n) is 16.3. The first kappa shape index (κ1) is 17.9. The van der Waals surface area contributed by atoms with E-state index in [1.54, 1.807) is 19.3 Å². The minimum absolute atomic E-state index is 0.0130. The Labute approximate surface area is 170 Å². The van der Waals surface area contributed by atoms with Gasteiger partial charge in [-0.2, -0.15) is 0 Å². The molecule has 5 rings (SSSR count). The lowest BCUT2D eigenvalue weighted by Crippen LogP contribution is -2.41. The predicted octanol–water partition coefficient (Wildman–Crippen LogP) is 4.91. The first-order chi connectivity index (χ1) is 14.1. The summed E-state index contributed by atoms with van der Waals surface area (Å²) in [5.74, 6) is 0.841. The van der Waals surface area contributed by atoms with Crippen molar-refractivity contribution in [3.8, 4) is 5.75 Å². The molecule has 3 aliphatic rings. The summed E-state index contributed by atoms with van der Waals surface area (Å²) < 4.78 is 5.30. The second-order valence-electron chi connectivity index (χ2n) is 8.00. The fourth-order valence-corrected chi connectivity index (χ4v) is 5.39. The highest BCUT2D eigenvalue weighted by Gasteiger charge is 2.57. The molecule has 0 aromatic heterocycles. The van der Waals surface area contributed by atoms with Crippen molar-refractivity contribution in [2.45, 2.75) is 18.8 Å². The second kappa shape index (κ2) is 6.70. The number of allylic oxidation sites excluding steroid dienone is 6. The zero-order chi connectivity index (χ0) is 20.0. The molecule has 0 saturated heterocycles. The molecule has 0 heterocycles. The van der Waals surface area contributed by atoms with Crippen LogP contribution in [0.5, 0.6) is 5.75 Å². The summed E-state index contributed by atoms with van der Waals surface area (Å²) in [6, 6.07) is 18.1. The van der Waals surface area contributed by atoms with E-state index in [-0.39, 0.29) is 23.4 Å². The average Bonchev–Trinajstić information content (AvgIpc) is 3.07. The third kappa shape index (κ3) is 2.65. The van der Waals surface area contributed by atoms with Crippen LogP contribution in [0.25, 0.3) is 5.57 Å². The number of ether oxygens (including phenoxy) is 1. The molecule has 3 nitrogen and oxygen atoms in total. The van der Waals surface area contributed by atoms with E-state index in [1.807, 2.05) is 42.5 Å². The number of carbonyl (C=O) groups excluding carboxylic acids is 2. The van der Waals surface area contributed by atoms with Gasteiger partial charge in [0.15, 0.2) is 11.6 Å². The maximum atomic E-state index is 13.4. The maximum Gasteiger partial charge on any atom is 0.178 e. The van der Waals surface area contributed by atoms with E-state index in [4.69, 9.17) is 4.74 Å². The molecule has 3 atom stereocenters. The van der Waals surface area contributed by atoms with Crippen LogP contribution < -0.4 is 4.74 Å². The molecule has 0 unspecified atom stereocenters. The van der Waals surface area contributed by atoms with Crippen LogP contribution in [0.1, 0.15) is 29.9 Å². The van der Waals surface area contributed by atoms with Gasteiger partial charge in [0, 0.05) is 11.3 Å². The van der Waals surface area contributed by atoms with Crippen molar-refractivity contribution in [2.75, 3.05) is 7.11 Å². The summed E-state index contributed by atoms with van der Waals surface area (Å²) in [5.41, 5.74) is 3.75. The Morgan fingerprint density at radius 3 is 2.45 bits per heavy atom. The summed E-state index contributed by atoms with van der Waals surface area (Å²) in [4.78, 5) is 25.6. The van der Waals surface area contributed by atoms with Crippen LogP contribution >= 0.6 is 0 Å². The average molecular weight is 382 g/mol. The first-order valence-corrected chi connectivity index (χ1v) is 10.0. The van der Waals surface area contributed by atoms with Gasteiger partial charge in [-0.1, -0.05) is 54.1 Å². The van der Waals surface area contributed by atoms with Gasteiger partial charge in [0.25, 0.3) is 0 Å². The zero-order valence-corrected chi connectivity index (χ0v) is 16.3. The molecule has 2 aromatic carbocycles. The number of rotatable bonds is 3. The van der Waals surface area contributed by atoms with Crippen LogP contribution in [0.3, 0.4) is 0 Å². The van der Waals surface area contributed by atoms with E-state index in [2.05, 4.69) is 24.3 Å². The Bertz CT molecular complexity index is 1070. The highest BCUT2D eigenvalue weighted by atomic mass is 16.5. The van der Waals surface area contributed by atoms with Gasteiger partial charge in [-0.05, 0) is 65.8 Å². The topological polar surface area (TPSA) is 43.4 Å². The molecule has 0 bridgehead atoms. The maximum absolute atomic E-state index is 13.4. The second-order valence-corrected chi connectivity index (χ2v) is 8.00. The lowest BCUT2D eigenvalue weighted by atomic mass is 9.55. The molecule has 3 heteroatoms. The molecule has 1 saturated carbocycles. The Hall–Kier alpha value is -3.20. The molecular formula is C26H22O3. The molecule has 0 N–H and O–H groups in total. The molecule has 0 amide bonds. The number of methoxy groups -OCH3 is 1. The van der Waals surface area contributed by atoms with Crippen LogP contribution in [0.15, 0.2) is 84.5 Å². The standard InChI is InChI=1S/C26H22O3/c1-29-21-10-7-17(8-11-21)22-12-9-19-15-20(27)13-14-26(19)23(16-24(28)25(22)26)18-5-3-2-4-6-18/h2-8,10-11,13-16,22,25H,9,12H2,1H3/t22-,25-,26+/m0/s1. The normalized spacial score (nSPS) is 27.8. The monoisotopic (exact) mass is 382 g/mol. The third-order valence-electron chi connectivity index (χ3n) is 6.64.